The maximum Gasteiger partial charge on any atom is 0.323 e. The highest BCUT2D eigenvalue weighted by Gasteiger charge is 2.18. The fourth-order valence-electron chi connectivity index (χ4n) is 1.97. The molecule has 0 aliphatic carbocycles. The van der Waals surface area contributed by atoms with E-state index >= 15 is 0 Å². The Hall–Kier alpha value is -3.39. The number of aromatic amines is 2. The third-order valence-corrected chi connectivity index (χ3v) is 3.30. The first-order valence-electron chi connectivity index (χ1n) is 8.46. The molecule has 0 radical (unpaired) electrons. The van der Waals surface area contributed by atoms with Gasteiger partial charge in [0.1, 0.15) is 6.04 Å². The fourth-order valence-corrected chi connectivity index (χ4v) is 1.97. The third kappa shape index (κ3) is 6.79. The van der Waals surface area contributed by atoms with Crippen LogP contribution in [0.2, 0.25) is 0 Å². The summed E-state index contributed by atoms with van der Waals surface area (Å²) >= 11 is 0. The summed E-state index contributed by atoms with van der Waals surface area (Å²) in [4.78, 5) is 38.7. The number of benzene rings is 2. The van der Waals surface area contributed by atoms with Gasteiger partial charge in [-0.05, 0) is 37.3 Å². The van der Waals surface area contributed by atoms with E-state index in [1.807, 2.05) is 44.2 Å². The number of imidazole rings is 1. The molecule has 8 heteroatoms. The molecule has 2 aromatic carbocycles. The summed E-state index contributed by atoms with van der Waals surface area (Å²) in [7, 11) is 0. The third-order valence-electron chi connectivity index (χ3n) is 3.30. The highest BCUT2D eigenvalue weighted by atomic mass is 16.2. The maximum absolute atomic E-state index is 11.6. The van der Waals surface area contributed by atoms with Crippen LogP contribution >= 0.6 is 0 Å². The van der Waals surface area contributed by atoms with Crippen molar-refractivity contribution in [2.75, 3.05) is 11.1 Å². The molecule has 0 aliphatic heterocycles. The summed E-state index contributed by atoms with van der Waals surface area (Å²) in [5, 5.41) is 2.50. The lowest BCUT2D eigenvalue weighted by atomic mass is 10.2. The van der Waals surface area contributed by atoms with Crippen LogP contribution in [0, 0.1) is 0 Å². The Kier molecular flexibility index (Phi) is 8.47. The monoisotopic (exact) mass is 371 g/mol. The molecule has 1 amide bonds. The van der Waals surface area contributed by atoms with Crippen LogP contribution in [0.25, 0.3) is 11.0 Å². The van der Waals surface area contributed by atoms with Crippen LogP contribution in [0.1, 0.15) is 20.8 Å². The lowest BCUT2D eigenvalue weighted by molar-refractivity contribution is -0.126. The van der Waals surface area contributed by atoms with Crippen molar-refractivity contribution in [2.24, 2.45) is 5.73 Å². The predicted molar refractivity (Wildman–Crippen MR) is 108 cm³/mol. The number of hydrogen-bond acceptors (Lipinski definition) is 5. The Balaban J connectivity index is 0.000000338. The lowest BCUT2D eigenvalue weighted by Crippen LogP contribution is -2.41. The van der Waals surface area contributed by atoms with Crippen LogP contribution < -0.4 is 22.5 Å². The Morgan fingerprint density at radius 2 is 1.59 bits per heavy atom. The molecule has 1 atom stereocenters. The molecular weight excluding hydrogens is 346 g/mol. The minimum absolute atomic E-state index is 0.325. The van der Waals surface area contributed by atoms with Gasteiger partial charge in [-0.25, -0.2) is 4.79 Å². The molecule has 144 valence electrons. The van der Waals surface area contributed by atoms with Gasteiger partial charge in [0.15, 0.2) is 5.78 Å². The van der Waals surface area contributed by atoms with E-state index in [1.54, 1.807) is 18.2 Å². The van der Waals surface area contributed by atoms with Crippen LogP contribution in [0.15, 0.2) is 53.3 Å². The molecule has 1 aromatic heterocycles. The first-order valence-corrected chi connectivity index (χ1v) is 8.46. The number of nitrogens with one attached hydrogen (secondary N) is 3. The first-order chi connectivity index (χ1) is 12.9. The number of carbonyl (C=O) groups is 2. The second kappa shape index (κ2) is 10.6. The molecular formula is C19H25N5O3. The number of nitrogen functional groups attached to an aromatic ring is 1. The quantitative estimate of drug-likeness (QED) is 0.353. The smallest absolute Gasteiger partial charge is 0.323 e. The topological polar surface area (TPSA) is 147 Å². The van der Waals surface area contributed by atoms with Gasteiger partial charge >= 0.3 is 5.69 Å². The fraction of sp³-hybridized carbons (Fsp3) is 0.211. The van der Waals surface area contributed by atoms with Crippen molar-refractivity contribution >= 4 is 34.1 Å². The van der Waals surface area contributed by atoms with Gasteiger partial charge in [-0.3, -0.25) is 9.59 Å². The molecule has 7 N–H and O–H groups in total. The number of carbonyl (C=O) groups excluding carboxylic acids is 2. The standard InChI is InChI=1S/C11H12N4O3.C6H7N.C2H6/c1-5(16)9(12)10(17)13-6-2-3-7-8(4-6)15-11(18)14-7;7-6-4-2-1-3-5-6;1-2/h2-4,9H,12H2,1H3,(H,13,17)(H2,14,15,18);1-5H,7H2;1-2H3. The van der Waals surface area contributed by atoms with Crippen molar-refractivity contribution in [1.29, 1.82) is 0 Å². The van der Waals surface area contributed by atoms with E-state index in [4.69, 9.17) is 11.5 Å². The highest BCUT2D eigenvalue weighted by molar-refractivity contribution is 6.10. The van der Waals surface area contributed by atoms with Crippen molar-refractivity contribution < 1.29 is 9.59 Å². The van der Waals surface area contributed by atoms with Crippen LogP contribution in [0.3, 0.4) is 0 Å². The van der Waals surface area contributed by atoms with Gasteiger partial charge in [-0.1, -0.05) is 32.0 Å². The predicted octanol–water partition coefficient (Wildman–Crippen LogP) is 2.01. The molecule has 0 saturated carbocycles. The van der Waals surface area contributed by atoms with Gasteiger partial charge in [0.25, 0.3) is 0 Å². The number of anilines is 2. The van der Waals surface area contributed by atoms with E-state index in [0.29, 0.717) is 16.7 Å². The van der Waals surface area contributed by atoms with Crippen LogP contribution in [-0.4, -0.2) is 27.7 Å². The molecule has 27 heavy (non-hydrogen) atoms. The summed E-state index contributed by atoms with van der Waals surface area (Å²) in [6, 6.07) is 13.1. The van der Waals surface area contributed by atoms with E-state index in [1.165, 1.54) is 6.92 Å². The summed E-state index contributed by atoms with van der Waals surface area (Å²) in [6.45, 7) is 5.25. The van der Waals surface area contributed by atoms with Crippen molar-refractivity contribution in [2.45, 2.75) is 26.8 Å². The molecule has 1 heterocycles. The van der Waals surface area contributed by atoms with Crippen molar-refractivity contribution in [1.82, 2.24) is 9.97 Å². The molecule has 0 saturated heterocycles. The van der Waals surface area contributed by atoms with Gasteiger partial charge in [0.05, 0.1) is 11.0 Å². The van der Waals surface area contributed by atoms with E-state index < -0.39 is 17.7 Å². The van der Waals surface area contributed by atoms with Crippen molar-refractivity contribution in [3.8, 4) is 0 Å². The zero-order chi connectivity index (χ0) is 20.4. The number of Topliss-reactive ketones (excluding diaryl/α,β-unsaturated/α-hetero) is 1. The van der Waals surface area contributed by atoms with Crippen LogP contribution in [-0.2, 0) is 9.59 Å². The van der Waals surface area contributed by atoms with Crippen LogP contribution in [0.5, 0.6) is 0 Å². The van der Waals surface area contributed by atoms with Gasteiger partial charge in [-0.15, -0.1) is 0 Å². The molecule has 8 nitrogen and oxygen atoms in total. The number of H-pyrrole nitrogens is 2. The molecule has 3 rings (SSSR count). The Morgan fingerprint density at radius 1 is 1.00 bits per heavy atom. The summed E-state index contributed by atoms with van der Waals surface area (Å²) in [5.41, 5.74) is 12.9. The second-order valence-corrected chi connectivity index (χ2v) is 5.33. The van der Waals surface area contributed by atoms with Gasteiger partial charge in [0.2, 0.25) is 5.91 Å². The number of ketones is 1. The molecule has 1 unspecified atom stereocenters. The number of amides is 1. The normalized spacial score (nSPS) is 10.7. The number of fused-ring (bicyclic) bond motifs is 1. The zero-order valence-corrected chi connectivity index (χ0v) is 15.6. The average molecular weight is 371 g/mol. The Bertz CT molecular complexity index is 931. The molecule has 0 aliphatic rings. The summed E-state index contributed by atoms with van der Waals surface area (Å²) < 4.78 is 0. The number of rotatable bonds is 3. The zero-order valence-electron chi connectivity index (χ0n) is 15.6. The van der Waals surface area contributed by atoms with Crippen molar-refractivity contribution in [3.05, 3.63) is 59.0 Å². The van der Waals surface area contributed by atoms with Crippen LogP contribution in [0.4, 0.5) is 11.4 Å². The SMILES string of the molecule is CC.CC(=O)C(N)C(=O)Nc1ccc2[nH]c(=O)[nH]c2c1.Nc1ccccc1. The highest BCUT2D eigenvalue weighted by Crippen LogP contribution is 2.14. The Labute approximate surface area is 157 Å². The maximum atomic E-state index is 11.6. The average Bonchev–Trinajstić information content (AvgIpc) is 3.03. The van der Waals surface area contributed by atoms with E-state index in [0.717, 1.165) is 5.69 Å². The van der Waals surface area contributed by atoms with Crippen molar-refractivity contribution in [3.63, 3.8) is 0 Å². The molecule has 0 spiro atoms. The number of hydrogen-bond donors (Lipinski definition) is 5. The molecule has 0 fully saturated rings. The molecule has 0 bridgehead atoms. The van der Waals surface area contributed by atoms with Gasteiger partial charge in [0, 0.05) is 11.4 Å². The first kappa shape index (κ1) is 21.7. The van der Waals surface area contributed by atoms with E-state index in [2.05, 4.69) is 15.3 Å². The minimum Gasteiger partial charge on any atom is -0.399 e. The minimum atomic E-state index is -1.19. The number of aromatic nitrogens is 2. The summed E-state index contributed by atoms with van der Waals surface area (Å²) in [5.74, 6) is -0.997. The van der Waals surface area contributed by atoms with Gasteiger partial charge < -0.3 is 26.8 Å². The largest absolute Gasteiger partial charge is 0.399 e. The second-order valence-electron chi connectivity index (χ2n) is 5.33. The number of nitrogens with two attached hydrogens (primary N) is 2. The van der Waals surface area contributed by atoms with Gasteiger partial charge in [-0.2, -0.15) is 0 Å². The van der Waals surface area contributed by atoms with E-state index in [-0.39, 0.29) is 5.69 Å². The number of para-hydroxylation sites is 1. The Morgan fingerprint density at radius 3 is 2.11 bits per heavy atom. The lowest BCUT2D eigenvalue weighted by Gasteiger charge is -2.09. The summed E-state index contributed by atoms with van der Waals surface area (Å²) in [6.07, 6.45) is 0. The van der Waals surface area contributed by atoms with E-state index in [9.17, 15) is 14.4 Å². The molecule has 3 aromatic rings.